The van der Waals surface area contributed by atoms with Gasteiger partial charge in [0.1, 0.15) is 5.75 Å². The Morgan fingerprint density at radius 2 is 2.00 bits per heavy atom. The monoisotopic (exact) mass is 354 g/mol. The van der Waals surface area contributed by atoms with Crippen molar-refractivity contribution in [3.8, 4) is 5.75 Å². The molecule has 0 atom stereocenters. The summed E-state index contributed by atoms with van der Waals surface area (Å²) in [7, 11) is 3.65. The summed E-state index contributed by atoms with van der Waals surface area (Å²) >= 11 is 0. The van der Waals surface area contributed by atoms with Crippen LogP contribution in [0.25, 0.3) is 0 Å². The van der Waals surface area contributed by atoms with Gasteiger partial charge < -0.3 is 20.7 Å². The molecule has 0 aliphatic rings. The van der Waals surface area contributed by atoms with E-state index in [0.717, 1.165) is 29.4 Å². The Morgan fingerprint density at radius 1 is 1.23 bits per heavy atom. The van der Waals surface area contributed by atoms with E-state index in [-0.39, 0.29) is 0 Å². The predicted octanol–water partition coefficient (Wildman–Crippen LogP) is 2.39. The third-order valence-corrected chi connectivity index (χ3v) is 3.92. The number of ether oxygens (including phenoxy) is 1. The molecule has 6 nitrogen and oxygen atoms in total. The Kier molecular flexibility index (Phi) is 7.02. The molecule has 0 unspecified atom stereocenters. The summed E-state index contributed by atoms with van der Waals surface area (Å²) in [6.45, 7) is 3.91. The van der Waals surface area contributed by atoms with E-state index < -0.39 is 5.91 Å². The van der Waals surface area contributed by atoms with E-state index in [2.05, 4.69) is 10.3 Å². The molecule has 0 aromatic heterocycles. The first-order valence-electron chi connectivity index (χ1n) is 8.55. The molecule has 0 aliphatic heterocycles. The van der Waals surface area contributed by atoms with Crippen LogP contribution in [0.4, 0.5) is 0 Å². The molecule has 2 rings (SSSR count). The van der Waals surface area contributed by atoms with Crippen LogP contribution in [0.3, 0.4) is 0 Å². The van der Waals surface area contributed by atoms with Gasteiger partial charge in [0.2, 0.25) is 5.91 Å². The van der Waals surface area contributed by atoms with Crippen molar-refractivity contribution >= 4 is 11.9 Å². The van der Waals surface area contributed by atoms with Gasteiger partial charge in [0.15, 0.2) is 5.96 Å². The van der Waals surface area contributed by atoms with Crippen LogP contribution in [-0.4, -0.2) is 37.5 Å². The van der Waals surface area contributed by atoms with E-state index in [0.29, 0.717) is 18.7 Å². The minimum atomic E-state index is -0.434. The van der Waals surface area contributed by atoms with Crippen LogP contribution < -0.4 is 15.8 Å². The van der Waals surface area contributed by atoms with Crippen molar-refractivity contribution in [2.75, 3.05) is 20.7 Å². The van der Waals surface area contributed by atoms with Crippen LogP contribution in [0, 0.1) is 0 Å². The van der Waals surface area contributed by atoms with Crippen LogP contribution in [0.2, 0.25) is 0 Å². The fourth-order valence-electron chi connectivity index (χ4n) is 2.62. The minimum Gasteiger partial charge on any atom is -0.496 e. The maximum Gasteiger partial charge on any atom is 0.248 e. The average molecular weight is 354 g/mol. The van der Waals surface area contributed by atoms with Crippen molar-refractivity contribution in [2.45, 2.75) is 20.0 Å². The molecule has 2 aromatic carbocycles. The lowest BCUT2D eigenvalue weighted by atomic mass is 10.1. The first-order valence-corrected chi connectivity index (χ1v) is 8.55. The molecule has 0 heterocycles. The maximum atomic E-state index is 11.3. The Bertz CT molecular complexity index is 774. The zero-order valence-corrected chi connectivity index (χ0v) is 15.5. The zero-order valence-electron chi connectivity index (χ0n) is 15.5. The van der Waals surface area contributed by atoms with Gasteiger partial charge in [-0.15, -0.1) is 0 Å². The molecule has 26 heavy (non-hydrogen) atoms. The number of benzene rings is 2. The number of methoxy groups -OCH3 is 1. The van der Waals surface area contributed by atoms with Crippen molar-refractivity contribution in [1.29, 1.82) is 0 Å². The number of guanidine groups is 1. The second kappa shape index (κ2) is 9.46. The van der Waals surface area contributed by atoms with Crippen LogP contribution in [0.15, 0.2) is 53.5 Å². The second-order valence-corrected chi connectivity index (χ2v) is 5.90. The van der Waals surface area contributed by atoms with Crippen LogP contribution >= 0.6 is 0 Å². The smallest absolute Gasteiger partial charge is 0.248 e. The van der Waals surface area contributed by atoms with Gasteiger partial charge in [0.05, 0.1) is 13.7 Å². The highest BCUT2D eigenvalue weighted by atomic mass is 16.5. The molecular weight excluding hydrogens is 328 g/mol. The summed E-state index contributed by atoms with van der Waals surface area (Å²) in [4.78, 5) is 18.0. The summed E-state index contributed by atoms with van der Waals surface area (Å²) in [5.74, 6) is 1.20. The lowest BCUT2D eigenvalue weighted by Gasteiger charge is -2.23. The average Bonchev–Trinajstić information content (AvgIpc) is 2.65. The Balaban J connectivity index is 2.15. The molecule has 0 fully saturated rings. The molecular formula is C20H26N4O2. The zero-order chi connectivity index (χ0) is 18.9. The van der Waals surface area contributed by atoms with E-state index in [4.69, 9.17) is 10.5 Å². The summed E-state index contributed by atoms with van der Waals surface area (Å²) in [5, 5.41) is 3.29. The molecule has 1 amide bonds. The molecule has 3 N–H and O–H groups in total. The van der Waals surface area contributed by atoms with Crippen molar-refractivity contribution in [3.05, 3.63) is 65.2 Å². The third kappa shape index (κ3) is 5.24. The third-order valence-electron chi connectivity index (χ3n) is 3.92. The van der Waals surface area contributed by atoms with Crippen molar-refractivity contribution in [1.82, 2.24) is 10.2 Å². The molecule has 0 radical (unpaired) electrons. The Labute approximate surface area is 154 Å². The number of nitrogens with zero attached hydrogens (tertiary/aromatic N) is 2. The lowest BCUT2D eigenvalue weighted by Crippen LogP contribution is -2.38. The van der Waals surface area contributed by atoms with Crippen LogP contribution in [0.5, 0.6) is 5.75 Å². The van der Waals surface area contributed by atoms with E-state index in [1.54, 1.807) is 19.2 Å². The number of carbonyl (C=O) groups is 1. The molecule has 0 spiro atoms. The SMILES string of the molecule is CCNC(=NCc1cccc(C(N)=O)c1)N(C)Cc1ccccc1OC. The number of nitrogens with two attached hydrogens (primary N) is 1. The quantitative estimate of drug-likeness (QED) is 0.591. The minimum absolute atomic E-state index is 0.434. The highest BCUT2D eigenvalue weighted by Gasteiger charge is 2.10. The fourth-order valence-corrected chi connectivity index (χ4v) is 2.62. The Morgan fingerprint density at radius 3 is 2.69 bits per heavy atom. The first-order chi connectivity index (χ1) is 12.5. The van der Waals surface area contributed by atoms with Gasteiger partial charge in [-0.3, -0.25) is 4.79 Å². The van der Waals surface area contributed by atoms with E-state index in [9.17, 15) is 4.79 Å². The van der Waals surface area contributed by atoms with Gasteiger partial charge in [-0.25, -0.2) is 4.99 Å². The Hall–Kier alpha value is -3.02. The van der Waals surface area contributed by atoms with Crippen molar-refractivity contribution < 1.29 is 9.53 Å². The highest BCUT2D eigenvalue weighted by Crippen LogP contribution is 2.18. The number of aliphatic imine (C=N–C) groups is 1. The summed E-state index contributed by atoms with van der Waals surface area (Å²) in [6.07, 6.45) is 0. The number of carbonyl (C=O) groups excluding carboxylic acids is 1. The number of nitrogens with one attached hydrogen (secondary N) is 1. The molecule has 2 aromatic rings. The highest BCUT2D eigenvalue weighted by molar-refractivity contribution is 5.92. The summed E-state index contributed by atoms with van der Waals surface area (Å²) in [6, 6.07) is 15.1. The molecule has 0 saturated heterocycles. The molecule has 138 valence electrons. The number of para-hydroxylation sites is 1. The van der Waals surface area contributed by atoms with Crippen molar-refractivity contribution in [2.24, 2.45) is 10.7 Å². The summed E-state index contributed by atoms with van der Waals surface area (Å²) < 4.78 is 5.42. The molecule has 0 aliphatic carbocycles. The predicted molar refractivity (Wildman–Crippen MR) is 104 cm³/mol. The number of hydrogen-bond acceptors (Lipinski definition) is 3. The van der Waals surface area contributed by atoms with Gasteiger partial charge in [-0.05, 0) is 30.7 Å². The molecule has 0 bridgehead atoms. The first kappa shape index (κ1) is 19.3. The number of hydrogen-bond donors (Lipinski definition) is 2. The standard InChI is InChI=1S/C20H26N4O2/c1-4-22-20(23-13-15-8-7-10-16(12-15)19(21)25)24(2)14-17-9-5-6-11-18(17)26-3/h5-12H,4,13-14H2,1-3H3,(H2,21,25)(H,22,23). The van der Waals surface area contributed by atoms with E-state index >= 15 is 0 Å². The van der Waals surface area contributed by atoms with Gasteiger partial charge in [-0.2, -0.15) is 0 Å². The van der Waals surface area contributed by atoms with Gasteiger partial charge >= 0.3 is 0 Å². The van der Waals surface area contributed by atoms with Crippen molar-refractivity contribution in [3.63, 3.8) is 0 Å². The van der Waals surface area contributed by atoms with Gasteiger partial charge in [0, 0.05) is 31.3 Å². The molecule has 0 saturated carbocycles. The summed E-state index contributed by atoms with van der Waals surface area (Å²) in [5.41, 5.74) is 7.85. The fraction of sp³-hybridized carbons (Fsp3) is 0.300. The topological polar surface area (TPSA) is 79.9 Å². The molecule has 6 heteroatoms. The van der Waals surface area contributed by atoms with Gasteiger partial charge in [-0.1, -0.05) is 30.3 Å². The second-order valence-electron chi connectivity index (χ2n) is 5.90. The van der Waals surface area contributed by atoms with E-state index in [1.807, 2.05) is 55.3 Å². The number of primary amides is 1. The van der Waals surface area contributed by atoms with Gasteiger partial charge in [0.25, 0.3) is 0 Å². The maximum absolute atomic E-state index is 11.3. The van der Waals surface area contributed by atoms with Crippen LogP contribution in [-0.2, 0) is 13.1 Å². The number of amides is 1. The normalized spacial score (nSPS) is 11.1. The van der Waals surface area contributed by atoms with Crippen LogP contribution in [0.1, 0.15) is 28.4 Å². The number of rotatable bonds is 7. The lowest BCUT2D eigenvalue weighted by molar-refractivity contribution is 0.1000. The van der Waals surface area contributed by atoms with E-state index in [1.165, 1.54) is 0 Å². The largest absolute Gasteiger partial charge is 0.496 e.